The third-order valence-corrected chi connectivity index (χ3v) is 5.40. The molecule has 2 heterocycles. The monoisotopic (exact) mass is 345 g/mol. The Labute approximate surface area is 147 Å². The smallest absolute Gasteiger partial charge is 0.171 e. The summed E-state index contributed by atoms with van der Waals surface area (Å²) in [6.45, 7) is 4.57. The molecule has 3 rings (SSSR count). The van der Waals surface area contributed by atoms with Crippen LogP contribution in [0.15, 0.2) is 47.8 Å². The normalized spacial score (nSPS) is 17.6. The van der Waals surface area contributed by atoms with E-state index in [-0.39, 0.29) is 6.04 Å². The number of thiophene rings is 1. The molecule has 0 radical (unpaired) electrons. The fourth-order valence-electron chi connectivity index (χ4n) is 3.20. The van der Waals surface area contributed by atoms with Crippen LogP contribution in [0.25, 0.3) is 0 Å². The fourth-order valence-corrected chi connectivity index (χ4v) is 4.46. The summed E-state index contributed by atoms with van der Waals surface area (Å²) in [4.78, 5) is 3.99. The number of thiocarbonyl (C=S) groups is 1. The van der Waals surface area contributed by atoms with Crippen LogP contribution in [0.1, 0.15) is 30.7 Å². The molecule has 1 aliphatic heterocycles. The maximum Gasteiger partial charge on any atom is 0.171 e. The number of anilines is 1. The second kappa shape index (κ2) is 7.90. The van der Waals surface area contributed by atoms with E-state index in [0.29, 0.717) is 11.2 Å². The fraction of sp³-hybridized carbons (Fsp3) is 0.389. The highest BCUT2D eigenvalue weighted by Gasteiger charge is 2.29. The van der Waals surface area contributed by atoms with E-state index in [1.165, 1.54) is 30.8 Å². The number of likely N-dealkylation sites (tertiary alicyclic amines) is 1. The lowest BCUT2D eigenvalue weighted by molar-refractivity contribution is 0.214. The predicted octanol–water partition coefficient (Wildman–Crippen LogP) is 4.26. The zero-order chi connectivity index (χ0) is 16.1. The average molecular weight is 346 g/mol. The van der Waals surface area contributed by atoms with Gasteiger partial charge in [-0.05, 0) is 68.7 Å². The van der Waals surface area contributed by atoms with E-state index in [1.54, 1.807) is 0 Å². The number of rotatable bonds is 5. The summed E-state index contributed by atoms with van der Waals surface area (Å²) >= 11 is 7.33. The molecule has 1 aliphatic rings. The van der Waals surface area contributed by atoms with Gasteiger partial charge in [0.05, 0.1) is 6.04 Å². The molecule has 0 aliphatic carbocycles. The van der Waals surface area contributed by atoms with Crippen LogP contribution in [0.4, 0.5) is 5.69 Å². The van der Waals surface area contributed by atoms with Crippen molar-refractivity contribution in [2.45, 2.75) is 31.8 Å². The predicted molar refractivity (Wildman–Crippen MR) is 103 cm³/mol. The molecule has 23 heavy (non-hydrogen) atoms. The van der Waals surface area contributed by atoms with Gasteiger partial charge in [-0.1, -0.05) is 24.3 Å². The number of hydrogen-bond donors (Lipinski definition) is 2. The van der Waals surface area contributed by atoms with Crippen molar-refractivity contribution in [2.24, 2.45) is 0 Å². The largest absolute Gasteiger partial charge is 0.358 e. The van der Waals surface area contributed by atoms with Crippen LogP contribution in [0.3, 0.4) is 0 Å². The highest BCUT2D eigenvalue weighted by molar-refractivity contribution is 7.80. The average Bonchev–Trinajstić information content (AvgIpc) is 3.22. The summed E-state index contributed by atoms with van der Waals surface area (Å²) in [5.41, 5.74) is 1.02. The van der Waals surface area contributed by atoms with Gasteiger partial charge in [-0.25, -0.2) is 0 Å². The minimum absolute atomic E-state index is 0.260. The topological polar surface area (TPSA) is 27.3 Å². The van der Waals surface area contributed by atoms with Crippen molar-refractivity contribution in [1.29, 1.82) is 0 Å². The summed E-state index contributed by atoms with van der Waals surface area (Å²) in [5, 5.41) is 9.59. The van der Waals surface area contributed by atoms with Crippen molar-refractivity contribution in [2.75, 3.05) is 18.4 Å². The van der Waals surface area contributed by atoms with Gasteiger partial charge < -0.3 is 10.6 Å². The second-order valence-electron chi connectivity index (χ2n) is 5.96. The zero-order valence-electron chi connectivity index (χ0n) is 13.4. The van der Waals surface area contributed by atoms with Gasteiger partial charge in [-0.2, -0.15) is 0 Å². The first-order valence-corrected chi connectivity index (χ1v) is 9.43. The lowest BCUT2D eigenvalue weighted by Crippen LogP contribution is -2.45. The standard InChI is InChI=1S/C18H23N3S2/c1-14(19-18(22)20-15-8-3-2-4-9-15)17(16-10-7-13-23-16)21-11-5-6-12-21/h2-4,7-10,13-14,17H,5-6,11-12H2,1H3,(H2,19,20,22)/t14-,17-/m0/s1. The Hall–Kier alpha value is -1.43. The molecule has 2 aromatic rings. The van der Waals surface area contributed by atoms with E-state index in [1.807, 2.05) is 41.7 Å². The Bertz CT molecular complexity index is 606. The maximum atomic E-state index is 5.50. The van der Waals surface area contributed by atoms with Crippen LogP contribution >= 0.6 is 23.6 Å². The molecule has 1 aromatic heterocycles. The van der Waals surface area contributed by atoms with Gasteiger partial charge in [0.15, 0.2) is 5.11 Å². The highest BCUT2D eigenvalue weighted by atomic mass is 32.1. The van der Waals surface area contributed by atoms with Gasteiger partial charge in [0.2, 0.25) is 0 Å². The van der Waals surface area contributed by atoms with Crippen molar-refractivity contribution >= 4 is 34.4 Å². The lowest BCUT2D eigenvalue weighted by Gasteiger charge is -2.33. The third-order valence-electron chi connectivity index (χ3n) is 4.23. The Morgan fingerprint density at radius 3 is 2.52 bits per heavy atom. The number of para-hydroxylation sites is 1. The second-order valence-corrected chi connectivity index (χ2v) is 7.34. The van der Waals surface area contributed by atoms with E-state index in [9.17, 15) is 0 Å². The van der Waals surface area contributed by atoms with Crippen LogP contribution in [0, 0.1) is 0 Å². The highest BCUT2D eigenvalue weighted by Crippen LogP contribution is 2.31. The molecule has 0 bridgehead atoms. The number of nitrogens with one attached hydrogen (secondary N) is 2. The molecular weight excluding hydrogens is 322 g/mol. The summed E-state index contributed by atoms with van der Waals surface area (Å²) in [7, 11) is 0. The lowest BCUT2D eigenvalue weighted by atomic mass is 10.1. The Balaban J connectivity index is 1.66. The van der Waals surface area contributed by atoms with Crippen LogP contribution in [0.5, 0.6) is 0 Å². The summed E-state index contributed by atoms with van der Waals surface area (Å²) in [5.74, 6) is 0. The molecular formula is C18H23N3S2. The van der Waals surface area contributed by atoms with E-state index in [4.69, 9.17) is 12.2 Å². The molecule has 1 fully saturated rings. The molecule has 0 saturated carbocycles. The Morgan fingerprint density at radius 2 is 1.87 bits per heavy atom. The van der Waals surface area contributed by atoms with E-state index >= 15 is 0 Å². The van der Waals surface area contributed by atoms with Gasteiger partial charge >= 0.3 is 0 Å². The summed E-state index contributed by atoms with van der Waals surface area (Å²) < 4.78 is 0. The molecule has 0 amide bonds. The first kappa shape index (κ1) is 16.4. The molecule has 2 N–H and O–H groups in total. The first-order chi connectivity index (χ1) is 11.2. The van der Waals surface area contributed by atoms with Gasteiger partial charge in [-0.15, -0.1) is 11.3 Å². The first-order valence-electron chi connectivity index (χ1n) is 8.14. The molecule has 5 heteroatoms. The molecule has 2 atom stereocenters. The maximum absolute atomic E-state index is 5.50. The zero-order valence-corrected chi connectivity index (χ0v) is 15.0. The number of hydrogen-bond acceptors (Lipinski definition) is 3. The van der Waals surface area contributed by atoms with Gasteiger partial charge in [0.25, 0.3) is 0 Å². The summed E-state index contributed by atoms with van der Waals surface area (Å²) in [6, 6.07) is 15.1. The third kappa shape index (κ3) is 4.31. The molecule has 1 saturated heterocycles. The van der Waals surface area contributed by atoms with Crippen molar-refractivity contribution in [3.8, 4) is 0 Å². The van der Waals surface area contributed by atoms with E-state index in [2.05, 4.69) is 40.0 Å². The van der Waals surface area contributed by atoms with E-state index in [0.717, 1.165) is 5.69 Å². The molecule has 0 unspecified atom stereocenters. The van der Waals surface area contributed by atoms with Gasteiger partial charge in [-0.3, -0.25) is 4.90 Å². The van der Waals surface area contributed by atoms with E-state index < -0.39 is 0 Å². The van der Waals surface area contributed by atoms with Crippen LogP contribution in [-0.2, 0) is 0 Å². The minimum Gasteiger partial charge on any atom is -0.358 e. The summed E-state index contributed by atoms with van der Waals surface area (Å²) in [6.07, 6.45) is 2.59. The van der Waals surface area contributed by atoms with Crippen LogP contribution < -0.4 is 10.6 Å². The molecule has 1 aromatic carbocycles. The van der Waals surface area contributed by atoms with Crippen molar-refractivity contribution < 1.29 is 0 Å². The van der Waals surface area contributed by atoms with Gasteiger partial charge in [0.1, 0.15) is 0 Å². The Morgan fingerprint density at radius 1 is 1.13 bits per heavy atom. The minimum atomic E-state index is 0.260. The molecule has 3 nitrogen and oxygen atoms in total. The molecule has 0 spiro atoms. The number of benzene rings is 1. The van der Waals surface area contributed by atoms with Gasteiger partial charge in [0, 0.05) is 16.6 Å². The quantitative estimate of drug-likeness (QED) is 0.792. The molecule has 122 valence electrons. The SMILES string of the molecule is C[C@H](NC(=S)Nc1ccccc1)[C@@H](c1cccs1)N1CCCC1. The Kier molecular flexibility index (Phi) is 5.65. The van der Waals surface area contributed by atoms with Crippen molar-refractivity contribution in [3.63, 3.8) is 0 Å². The van der Waals surface area contributed by atoms with Crippen molar-refractivity contribution in [3.05, 3.63) is 52.7 Å². The number of nitrogens with zero attached hydrogens (tertiary/aromatic N) is 1. The van der Waals surface area contributed by atoms with Crippen LogP contribution in [-0.4, -0.2) is 29.1 Å². The van der Waals surface area contributed by atoms with Crippen LogP contribution in [0.2, 0.25) is 0 Å². The van der Waals surface area contributed by atoms with Crippen molar-refractivity contribution in [1.82, 2.24) is 10.2 Å².